The van der Waals surface area contributed by atoms with E-state index in [4.69, 9.17) is 9.72 Å². The van der Waals surface area contributed by atoms with Crippen LogP contribution in [0.15, 0.2) is 5.38 Å². The largest absolute Gasteiger partial charge is 0.381 e. The Morgan fingerprint density at radius 2 is 2.22 bits per heavy atom. The molecule has 0 bridgehead atoms. The van der Waals surface area contributed by atoms with E-state index in [0.717, 1.165) is 13.0 Å². The molecule has 1 aliphatic carbocycles. The average molecular weight is 268 g/mol. The zero-order valence-electron chi connectivity index (χ0n) is 11.8. The Bertz CT molecular complexity index is 383. The van der Waals surface area contributed by atoms with Gasteiger partial charge >= 0.3 is 0 Å². The summed E-state index contributed by atoms with van der Waals surface area (Å²) in [6.07, 6.45) is 3.98. The minimum Gasteiger partial charge on any atom is -0.381 e. The van der Waals surface area contributed by atoms with Gasteiger partial charge in [-0.1, -0.05) is 20.8 Å². The molecule has 1 saturated carbocycles. The van der Waals surface area contributed by atoms with E-state index >= 15 is 0 Å². The lowest BCUT2D eigenvalue weighted by atomic mass is 9.98. The van der Waals surface area contributed by atoms with Crippen LogP contribution < -0.4 is 5.32 Å². The van der Waals surface area contributed by atoms with Gasteiger partial charge in [0, 0.05) is 30.5 Å². The van der Waals surface area contributed by atoms with Crippen LogP contribution in [0.3, 0.4) is 0 Å². The summed E-state index contributed by atoms with van der Waals surface area (Å²) >= 11 is 1.77. The van der Waals surface area contributed by atoms with Crippen molar-refractivity contribution in [2.45, 2.75) is 64.1 Å². The summed E-state index contributed by atoms with van der Waals surface area (Å²) in [5, 5.41) is 6.99. The molecule has 1 aromatic rings. The van der Waals surface area contributed by atoms with Crippen LogP contribution in [-0.4, -0.2) is 24.2 Å². The molecule has 0 spiro atoms. The van der Waals surface area contributed by atoms with E-state index in [9.17, 15) is 0 Å². The number of nitrogens with one attached hydrogen (secondary N) is 1. The van der Waals surface area contributed by atoms with Gasteiger partial charge in [0.15, 0.2) is 0 Å². The molecule has 2 rings (SSSR count). The lowest BCUT2D eigenvalue weighted by molar-refractivity contribution is 0.107. The summed E-state index contributed by atoms with van der Waals surface area (Å²) in [5.41, 5.74) is 1.34. The van der Waals surface area contributed by atoms with Crippen molar-refractivity contribution in [2.24, 2.45) is 0 Å². The molecule has 1 aromatic heterocycles. The van der Waals surface area contributed by atoms with Crippen LogP contribution in [0, 0.1) is 0 Å². The number of thiazole rings is 1. The summed E-state index contributed by atoms with van der Waals surface area (Å²) in [4.78, 5) is 4.71. The molecule has 4 heteroatoms. The van der Waals surface area contributed by atoms with Crippen LogP contribution in [0.1, 0.15) is 50.7 Å². The zero-order valence-corrected chi connectivity index (χ0v) is 12.6. The minimum absolute atomic E-state index is 0.164. The standard InChI is InChI=1S/C14H24N2OS/c1-14(2,3)13-16-11(9-18-13)8-15-10-5-6-12(7-10)17-4/h9-10,12,15H,5-8H2,1-4H3. The molecule has 1 N–H and O–H groups in total. The number of rotatable bonds is 4. The summed E-state index contributed by atoms with van der Waals surface area (Å²) in [7, 11) is 1.81. The predicted molar refractivity (Wildman–Crippen MR) is 76.1 cm³/mol. The van der Waals surface area contributed by atoms with E-state index in [0.29, 0.717) is 12.1 Å². The van der Waals surface area contributed by atoms with Crippen molar-refractivity contribution in [3.8, 4) is 0 Å². The number of ether oxygens (including phenoxy) is 1. The SMILES string of the molecule is COC1CCC(NCc2csc(C(C)(C)C)n2)C1. The third-order valence-corrected chi connectivity index (χ3v) is 4.80. The first kappa shape index (κ1) is 14.0. The predicted octanol–water partition coefficient (Wildman–Crippen LogP) is 3.10. The second-order valence-corrected chi connectivity index (χ2v) is 7.00. The van der Waals surface area contributed by atoms with Gasteiger partial charge in [0.05, 0.1) is 16.8 Å². The fourth-order valence-electron chi connectivity index (χ4n) is 2.32. The molecule has 3 nitrogen and oxygen atoms in total. The molecule has 102 valence electrons. The Morgan fingerprint density at radius 1 is 1.44 bits per heavy atom. The first-order chi connectivity index (χ1) is 8.49. The minimum atomic E-state index is 0.164. The van der Waals surface area contributed by atoms with Gasteiger partial charge in [0.25, 0.3) is 0 Å². The molecular formula is C14H24N2OS. The summed E-state index contributed by atoms with van der Waals surface area (Å²) < 4.78 is 5.39. The van der Waals surface area contributed by atoms with Gasteiger partial charge in [-0.3, -0.25) is 0 Å². The first-order valence-corrected chi connectivity index (χ1v) is 7.58. The van der Waals surface area contributed by atoms with E-state index in [1.54, 1.807) is 11.3 Å². The molecule has 18 heavy (non-hydrogen) atoms. The topological polar surface area (TPSA) is 34.1 Å². The van der Waals surface area contributed by atoms with Crippen LogP contribution in [0.2, 0.25) is 0 Å². The Morgan fingerprint density at radius 3 is 2.78 bits per heavy atom. The van der Waals surface area contributed by atoms with Gasteiger partial charge < -0.3 is 10.1 Å². The molecule has 2 unspecified atom stereocenters. The number of hydrogen-bond donors (Lipinski definition) is 1. The van der Waals surface area contributed by atoms with Crippen LogP contribution in [0.25, 0.3) is 0 Å². The Balaban J connectivity index is 1.82. The van der Waals surface area contributed by atoms with Gasteiger partial charge in [0.2, 0.25) is 0 Å². The highest BCUT2D eigenvalue weighted by Crippen LogP contribution is 2.26. The lowest BCUT2D eigenvalue weighted by Gasteiger charge is -2.14. The Kier molecular flexibility index (Phi) is 4.41. The fourth-order valence-corrected chi connectivity index (χ4v) is 3.23. The van der Waals surface area contributed by atoms with E-state index in [1.165, 1.54) is 23.5 Å². The van der Waals surface area contributed by atoms with Gasteiger partial charge in [0.1, 0.15) is 0 Å². The normalized spacial score (nSPS) is 24.7. The molecule has 0 radical (unpaired) electrons. The van der Waals surface area contributed by atoms with E-state index in [1.807, 2.05) is 7.11 Å². The van der Waals surface area contributed by atoms with E-state index in [2.05, 4.69) is 31.5 Å². The van der Waals surface area contributed by atoms with Crippen molar-refractivity contribution >= 4 is 11.3 Å². The number of nitrogens with zero attached hydrogens (tertiary/aromatic N) is 1. The second kappa shape index (κ2) is 5.68. The van der Waals surface area contributed by atoms with Crippen LogP contribution in [-0.2, 0) is 16.7 Å². The van der Waals surface area contributed by atoms with Crippen molar-refractivity contribution in [1.82, 2.24) is 10.3 Å². The molecule has 1 heterocycles. The molecule has 1 aliphatic rings. The van der Waals surface area contributed by atoms with E-state index < -0.39 is 0 Å². The van der Waals surface area contributed by atoms with Crippen molar-refractivity contribution in [3.05, 3.63) is 16.1 Å². The third-order valence-electron chi connectivity index (χ3n) is 3.48. The number of methoxy groups -OCH3 is 1. The maximum atomic E-state index is 5.39. The maximum Gasteiger partial charge on any atom is 0.0982 e. The van der Waals surface area contributed by atoms with Crippen LogP contribution in [0.4, 0.5) is 0 Å². The van der Waals surface area contributed by atoms with Gasteiger partial charge in [-0.2, -0.15) is 0 Å². The van der Waals surface area contributed by atoms with Gasteiger partial charge in [-0.05, 0) is 19.3 Å². The summed E-state index contributed by atoms with van der Waals surface area (Å²) in [6.45, 7) is 7.52. The van der Waals surface area contributed by atoms with Crippen molar-refractivity contribution < 1.29 is 4.74 Å². The zero-order chi connectivity index (χ0) is 13.2. The van der Waals surface area contributed by atoms with Crippen molar-refractivity contribution in [3.63, 3.8) is 0 Å². The molecular weight excluding hydrogens is 244 g/mol. The van der Waals surface area contributed by atoms with Gasteiger partial charge in [-0.25, -0.2) is 4.98 Å². The molecule has 0 saturated heterocycles. The first-order valence-electron chi connectivity index (χ1n) is 6.70. The number of hydrogen-bond acceptors (Lipinski definition) is 4. The van der Waals surface area contributed by atoms with E-state index in [-0.39, 0.29) is 5.41 Å². The summed E-state index contributed by atoms with van der Waals surface area (Å²) in [5.74, 6) is 0. The third kappa shape index (κ3) is 3.53. The smallest absolute Gasteiger partial charge is 0.0982 e. The molecule has 0 aromatic carbocycles. The second-order valence-electron chi connectivity index (χ2n) is 6.14. The van der Waals surface area contributed by atoms with Crippen LogP contribution >= 0.6 is 11.3 Å². The Labute approximate surface area is 114 Å². The summed E-state index contributed by atoms with van der Waals surface area (Å²) in [6, 6.07) is 0.592. The van der Waals surface area contributed by atoms with Crippen LogP contribution in [0.5, 0.6) is 0 Å². The quantitative estimate of drug-likeness (QED) is 0.911. The molecule has 2 atom stereocenters. The van der Waals surface area contributed by atoms with Gasteiger partial charge in [-0.15, -0.1) is 11.3 Å². The Hall–Kier alpha value is -0.450. The molecule has 1 fully saturated rings. The highest BCUT2D eigenvalue weighted by Gasteiger charge is 2.24. The average Bonchev–Trinajstić information content (AvgIpc) is 2.94. The monoisotopic (exact) mass is 268 g/mol. The lowest BCUT2D eigenvalue weighted by Crippen LogP contribution is -2.26. The highest BCUT2D eigenvalue weighted by atomic mass is 32.1. The molecule has 0 aliphatic heterocycles. The molecule has 0 amide bonds. The number of aromatic nitrogens is 1. The maximum absolute atomic E-state index is 5.39. The van der Waals surface area contributed by atoms with Crippen molar-refractivity contribution in [2.75, 3.05) is 7.11 Å². The fraction of sp³-hybridized carbons (Fsp3) is 0.786. The highest BCUT2D eigenvalue weighted by molar-refractivity contribution is 7.09. The van der Waals surface area contributed by atoms with Crippen molar-refractivity contribution in [1.29, 1.82) is 0 Å².